The van der Waals surface area contributed by atoms with E-state index in [-0.39, 0.29) is 5.91 Å². The van der Waals surface area contributed by atoms with Gasteiger partial charge in [0.05, 0.1) is 24.6 Å². The van der Waals surface area contributed by atoms with Gasteiger partial charge in [-0.1, -0.05) is 6.07 Å². The first-order chi connectivity index (χ1) is 9.81. The molecule has 2 aromatic heterocycles. The smallest absolute Gasteiger partial charge is 0.271 e. The fraction of sp³-hybridized carbons (Fsp3) is 0.286. The van der Waals surface area contributed by atoms with E-state index in [1.165, 1.54) is 6.20 Å². The highest BCUT2D eigenvalue weighted by Crippen LogP contribution is 2.19. The Morgan fingerprint density at radius 1 is 1.20 bits per heavy atom. The van der Waals surface area contributed by atoms with Gasteiger partial charge in [0.2, 0.25) is 0 Å². The summed E-state index contributed by atoms with van der Waals surface area (Å²) in [7, 11) is 0. The number of hydrogen-bond acceptors (Lipinski definition) is 5. The molecule has 1 aliphatic carbocycles. The monoisotopic (exact) mass is 269 g/mol. The number of carbonyl (C=O) groups excluding carboxylic acids is 1. The molecule has 1 amide bonds. The number of anilines is 1. The molecule has 102 valence electrons. The third-order valence-electron chi connectivity index (χ3n) is 2.97. The summed E-state index contributed by atoms with van der Waals surface area (Å²) in [5.41, 5.74) is 1.27. The molecule has 3 rings (SSSR count). The van der Waals surface area contributed by atoms with Crippen molar-refractivity contribution in [2.45, 2.75) is 25.4 Å². The zero-order chi connectivity index (χ0) is 13.8. The van der Waals surface area contributed by atoms with Gasteiger partial charge in [0.15, 0.2) is 0 Å². The predicted molar refractivity (Wildman–Crippen MR) is 74.1 cm³/mol. The number of hydrogen-bond donors (Lipinski definition) is 2. The molecular formula is C14H15N5O. The highest BCUT2D eigenvalue weighted by molar-refractivity contribution is 5.92. The van der Waals surface area contributed by atoms with Gasteiger partial charge in [-0.3, -0.25) is 9.78 Å². The van der Waals surface area contributed by atoms with E-state index >= 15 is 0 Å². The predicted octanol–water partition coefficient (Wildman–Crippen LogP) is 1.38. The quantitative estimate of drug-likeness (QED) is 0.857. The van der Waals surface area contributed by atoms with E-state index in [1.54, 1.807) is 12.4 Å². The van der Waals surface area contributed by atoms with Crippen molar-refractivity contribution < 1.29 is 4.79 Å². The molecule has 0 atom stereocenters. The van der Waals surface area contributed by atoms with Crippen LogP contribution in [-0.2, 0) is 6.54 Å². The van der Waals surface area contributed by atoms with Crippen LogP contribution in [0, 0.1) is 0 Å². The molecule has 6 nitrogen and oxygen atoms in total. The third kappa shape index (κ3) is 3.28. The Hall–Kier alpha value is -2.50. The van der Waals surface area contributed by atoms with Crippen LogP contribution in [0.4, 0.5) is 5.82 Å². The topological polar surface area (TPSA) is 79.8 Å². The minimum absolute atomic E-state index is 0.156. The molecule has 1 saturated carbocycles. The lowest BCUT2D eigenvalue weighted by molar-refractivity contribution is 0.0945. The molecular weight excluding hydrogens is 254 g/mol. The van der Waals surface area contributed by atoms with Crippen LogP contribution in [0.1, 0.15) is 29.0 Å². The zero-order valence-electron chi connectivity index (χ0n) is 10.9. The van der Waals surface area contributed by atoms with Gasteiger partial charge < -0.3 is 10.6 Å². The Labute approximate surface area is 116 Å². The second-order valence-electron chi connectivity index (χ2n) is 4.71. The normalized spacial score (nSPS) is 13.8. The molecule has 1 aliphatic rings. The summed E-state index contributed by atoms with van der Waals surface area (Å²) < 4.78 is 0. The lowest BCUT2D eigenvalue weighted by Gasteiger charge is -2.06. The Balaban J connectivity index is 1.56. The molecule has 0 aliphatic heterocycles. The molecule has 0 bridgehead atoms. The van der Waals surface area contributed by atoms with Crippen LogP contribution in [0.5, 0.6) is 0 Å². The van der Waals surface area contributed by atoms with Crippen molar-refractivity contribution in [3.05, 3.63) is 48.2 Å². The SMILES string of the molecule is O=C(NC1CC1)c1cnc(NCc2ccccn2)cn1. The molecule has 0 aromatic carbocycles. The molecule has 2 heterocycles. The van der Waals surface area contributed by atoms with E-state index < -0.39 is 0 Å². The van der Waals surface area contributed by atoms with Crippen molar-refractivity contribution in [2.24, 2.45) is 0 Å². The molecule has 6 heteroatoms. The first-order valence-corrected chi connectivity index (χ1v) is 6.58. The van der Waals surface area contributed by atoms with Crippen molar-refractivity contribution in [3.63, 3.8) is 0 Å². The van der Waals surface area contributed by atoms with Gasteiger partial charge in [-0.25, -0.2) is 9.97 Å². The second kappa shape index (κ2) is 5.64. The summed E-state index contributed by atoms with van der Waals surface area (Å²) in [6.07, 6.45) is 6.91. The van der Waals surface area contributed by atoms with Gasteiger partial charge in [-0.05, 0) is 25.0 Å². The maximum Gasteiger partial charge on any atom is 0.271 e. The lowest BCUT2D eigenvalue weighted by Crippen LogP contribution is -2.26. The summed E-state index contributed by atoms with van der Waals surface area (Å²) in [6, 6.07) is 6.06. The van der Waals surface area contributed by atoms with Crippen molar-refractivity contribution >= 4 is 11.7 Å². The number of nitrogens with one attached hydrogen (secondary N) is 2. The summed E-state index contributed by atoms with van der Waals surface area (Å²) in [6.45, 7) is 0.573. The molecule has 0 saturated heterocycles. The molecule has 2 aromatic rings. The number of aromatic nitrogens is 3. The third-order valence-corrected chi connectivity index (χ3v) is 2.97. The number of rotatable bonds is 5. The fourth-order valence-electron chi connectivity index (χ4n) is 1.71. The molecule has 0 unspecified atom stereocenters. The van der Waals surface area contributed by atoms with Gasteiger partial charge in [-0.15, -0.1) is 0 Å². The van der Waals surface area contributed by atoms with Gasteiger partial charge in [0.1, 0.15) is 11.5 Å². The molecule has 1 fully saturated rings. The molecule has 0 spiro atoms. The van der Waals surface area contributed by atoms with E-state index in [9.17, 15) is 4.79 Å². The molecule has 2 N–H and O–H groups in total. The Morgan fingerprint density at radius 2 is 2.10 bits per heavy atom. The van der Waals surface area contributed by atoms with Crippen molar-refractivity contribution in [3.8, 4) is 0 Å². The van der Waals surface area contributed by atoms with Crippen LogP contribution in [-0.4, -0.2) is 26.9 Å². The standard InChI is InChI=1S/C14H15N5O/c20-14(19-10-4-5-10)12-8-18-13(9-16-12)17-7-11-3-1-2-6-15-11/h1-3,6,8-10H,4-5,7H2,(H,17,18)(H,19,20). The maximum atomic E-state index is 11.7. The van der Waals surface area contributed by atoms with Crippen LogP contribution in [0.15, 0.2) is 36.8 Å². The summed E-state index contributed by atoms with van der Waals surface area (Å²) in [5, 5.41) is 5.99. The van der Waals surface area contributed by atoms with Crippen LogP contribution >= 0.6 is 0 Å². The molecule has 0 radical (unpaired) electrons. The van der Waals surface area contributed by atoms with Crippen LogP contribution in [0.3, 0.4) is 0 Å². The van der Waals surface area contributed by atoms with Crippen LogP contribution < -0.4 is 10.6 Å². The first-order valence-electron chi connectivity index (χ1n) is 6.58. The van der Waals surface area contributed by atoms with Gasteiger partial charge >= 0.3 is 0 Å². The van der Waals surface area contributed by atoms with E-state index in [2.05, 4.69) is 25.6 Å². The fourth-order valence-corrected chi connectivity index (χ4v) is 1.71. The summed E-state index contributed by atoms with van der Waals surface area (Å²) in [4.78, 5) is 24.2. The lowest BCUT2D eigenvalue weighted by atomic mass is 10.3. The number of amides is 1. The largest absolute Gasteiger partial charge is 0.363 e. The van der Waals surface area contributed by atoms with E-state index in [1.807, 2.05) is 18.2 Å². The zero-order valence-corrected chi connectivity index (χ0v) is 10.9. The van der Waals surface area contributed by atoms with Crippen molar-refractivity contribution in [2.75, 3.05) is 5.32 Å². The Kier molecular flexibility index (Phi) is 3.54. The van der Waals surface area contributed by atoms with E-state index in [0.29, 0.717) is 24.1 Å². The Morgan fingerprint density at radius 3 is 2.75 bits per heavy atom. The van der Waals surface area contributed by atoms with Gasteiger partial charge in [-0.2, -0.15) is 0 Å². The number of carbonyl (C=O) groups is 1. The van der Waals surface area contributed by atoms with E-state index in [4.69, 9.17) is 0 Å². The number of pyridine rings is 1. The van der Waals surface area contributed by atoms with Gasteiger partial charge in [0.25, 0.3) is 5.91 Å². The minimum atomic E-state index is -0.156. The summed E-state index contributed by atoms with van der Waals surface area (Å²) in [5.74, 6) is 0.468. The van der Waals surface area contributed by atoms with E-state index in [0.717, 1.165) is 18.5 Å². The van der Waals surface area contributed by atoms with Crippen molar-refractivity contribution in [1.29, 1.82) is 0 Å². The number of nitrogens with zero attached hydrogens (tertiary/aromatic N) is 3. The summed E-state index contributed by atoms with van der Waals surface area (Å²) >= 11 is 0. The highest BCUT2D eigenvalue weighted by atomic mass is 16.2. The van der Waals surface area contributed by atoms with Gasteiger partial charge in [0, 0.05) is 12.2 Å². The minimum Gasteiger partial charge on any atom is -0.363 e. The van der Waals surface area contributed by atoms with Crippen LogP contribution in [0.25, 0.3) is 0 Å². The average Bonchev–Trinajstić information content (AvgIpc) is 3.31. The first kappa shape index (κ1) is 12.5. The van der Waals surface area contributed by atoms with Crippen molar-refractivity contribution in [1.82, 2.24) is 20.3 Å². The second-order valence-corrected chi connectivity index (χ2v) is 4.71. The maximum absolute atomic E-state index is 11.7. The average molecular weight is 269 g/mol. The highest BCUT2D eigenvalue weighted by Gasteiger charge is 2.24. The van der Waals surface area contributed by atoms with Crippen LogP contribution in [0.2, 0.25) is 0 Å². The Bertz CT molecular complexity index is 580. The molecule has 20 heavy (non-hydrogen) atoms.